The number of nitrogens with zero attached hydrogens (tertiary/aromatic N) is 3. The number of anilines is 2. The lowest BCUT2D eigenvalue weighted by molar-refractivity contribution is -0.137. The number of urea groups is 1. The summed E-state index contributed by atoms with van der Waals surface area (Å²) in [6, 6.07) is 11.4. The van der Waals surface area contributed by atoms with Crippen LogP contribution >= 0.6 is 0 Å². The van der Waals surface area contributed by atoms with Gasteiger partial charge in [-0.15, -0.1) is 0 Å². The van der Waals surface area contributed by atoms with Gasteiger partial charge < -0.3 is 24.6 Å². The molecule has 0 radical (unpaired) electrons. The van der Waals surface area contributed by atoms with E-state index in [1.54, 1.807) is 47.2 Å². The monoisotopic (exact) mass is 448 g/mol. The first kappa shape index (κ1) is 23.2. The number of nitrogens with one attached hydrogen (secondary N) is 1. The minimum atomic E-state index is -4.63. The highest BCUT2D eigenvalue weighted by atomic mass is 19.4. The molecular weight excluding hydrogens is 425 g/mol. The van der Waals surface area contributed by atoms with Crippen LogP contribution in [0.25, 0.3) is 0 Å². The number of ether oxygens (including phenoxy) is 2. The number of carbonyl (C=O) groups is 1. The number of amides is 2. The Kier molecular flexibility index (Phi) is 7.10. The van der Waals surface area contributed by atoms with E-state index in [2.05, 4.69) is 5.32 Å². The Morgan fingerprint density at radius 3 is 2.50 bits per heavy atom. The van der Waals surface area contributed by atoms with E-state index in [1.165, 1.54) is 19.2 Å². The summed E-state index contributed by atoms with van der Waals surface area (Å²) in [5.74, 6) is 0.662. The minimum absolute atomic E-state index is 0.217. The van der Waals surface area contributed by atoms with Gasteiger partial charge in [-0.3, -0.25) is 0 Å². The third-order valence-corrected chi connectivity index (χ3v) is 5.24. The molecule has 10 heteroatoms. The number of hydrogen-bond donors (Lipinski definition) is 1. The average molecular weight is 448 g/mol. The van der Waals surface area contributed by atoms with Gasteiger partial charge in [0.05, 0.1) is 37.0 Å². The van der Waals surface area contributed by atoms with Crippen molar-refractivity contribution in [3.8, 4) is 11.8 Å². The summed E-state index contributed by atoms with van der Waals surface area (Å²) in [6.45, 7) is 1.12. The predicted molar refractivity (Wildman–Crippen MR) is 113 cm³/mol. The quantitative estimate of drug-likeness (QED) is 0.750. The van der Waals surface area contributed by atoms with Gasteiger partial charge in [0.25, 0.3) is 0 Å². The molecule has 0 aliphatic carbocycles. The molecule has 1 unspecified atom stereocenters. The summed E-state index contributed by atoms with van der Waals surface area (Å²) in [6.07, 6.45) is -4.63. The van der Waals surface area contributed by atoms with Gasteiger partial charge in [-0.05, 0) is 42.5 Å². The predicted octanol–water partition coefficient (Wildman–Crippen LogP) is 3.95. The van der Waals surface area contributed by atoms with Gasteiger partial charge in [-0.2, -0.15) is 18.4 Å². The van der Waals surface area contributed by atoms with Crippen molar-refractivity contribution in [2.75, 3.05) is 50.7 Å². The van der Waals surface area contributed by atoms with Crippen molar-refractivity contribution in [3.05, 3.63) is 53.6 Å². The van der Waals surface area contributed by atoms with Crippen molar-refractivity contribution in [1.29, 1.82) is 5.26 Å². The molecule has 32 heavy (non-hydrogen) atoms. The largest absolute Gasteiger partial charge is 0.497 e. The van der Waals surface area contributed by atoms with Gasteiger partial charge in [0.2, 0.25) is 0 Å². The SMILES string of the molecule is COCC1CN(c2ccc(C#N)c(C(F)(F)F)c2)CCN1C(=O)Nc1ccc(OC)cc1. The molecule has 0 saturated carbocycles. The maximum atomic E-state index is 13.3. The van der Waals surface area contributed by atoms with Crippen LogP contribution in [0, 0.1) is 11.3 Å². The zero-order valence-corrected chi connectivity index (χ0v) is 17.6. The molecule has 2 amide bonds. The Bertz CT molecular complexity index is 989. The van der Waals surface area contributed by atoms with Crippen LogP contribution in [0.1, 0.15) is 11.1 Å². The molecule has 3 rings (SSSR count). The molecule has 1 aliphatic rings. The fourth-order valence-electron chi connectivity index (χ4n) is 3.62. The molecule has 0 spiro atoms. The highest BCUT2D eigenvalue weighted by Crippen LogP contribution is 2.35. The fraction of sp³-hybridized carbons (Fsp3) is 0.364. The zero-order chi connectivity index (χ0) is 23.3. The molecule has 170 valence electrons. The number of rotatable bonds is 5. The Morgan fingerprint density at radius 2 is 1.91 bits per heavy atom. The molecule has 1 atom stereocenters. The van der Waals surface area contributed by atoms with Crippen molar-refractivity contribution in [3.63, 3.8) is 0 Å². The lowest BCUT2D eigenvalue weighted by atomic mass is 10.1. The van der Waals surface area contributed by atoms with Crippen LogP contribution in [0.4, 0.5) is 29.3 Å². The van der Waals surface area contributed by atoms with Crippen molar-refractivity contribution in [2.24, 2.45) is 0 Å². The first-order chi connectivity index (χ1) is 15.3. The van der Waals surface area contributed by atoms with Crippen molar-refractivity contribution in [2.45, 2.75) is 12.2 Å². The molecule has 1 heterocycles. The molecule has 0 bridgehead atoms. The van der Waals surface area contributed by atoms with Gasteiger partial charge in [-0.25, -0.2) is 4.79 Å². The number of halogens is 3. The smallest absolute Gasteiger partial charge is 0.417 e. The molecule has 1 fully saturated rings. The number of methoxy groups -OCH3 is 2. The maximum absolute atomic E-state index is 13.3. The molecule has 1 N–H and O–H groups in total. The van der Waals surface area contributed by atoms with Crippen molar-refractivity contribution >= 4 is 17.4 Å². The van der Waals surface area contributed by atoms with Crippen LogP contribution in [0.5, 0.6) is 5.75 Å². The van der Waals surface area contributed by atoms with Crippen LogP contribution in [-0.2, 0) is 10.9 Å². The number of benzene rings is 2. The minimum Gasteiger partial charge on any atom is -0.497 e. The average Bonchev–Trinajstić information content (AvgIpc) is 2.78. The molecule has 0 aromatic heterocycles. The summed E-state index contributed by atoms with van der Waals surface area (Å²) < 4.78 is 50.4. The summed E-state index contributed by atoms with van der Waals surface area (Å²) in [7, 11) is 3.05. The second-order valence-corrected chi connectivity index (χ2v) is 7.25. The highest BCUT2D eigenvalue weighted by molar-refractivity contribution is 5.89. The van der Waals surface area contributed by atoms with Crippen molar-refractivity contribution in [1.82, 2.24) is 4.90 Å². The van der Waals surface area contributed by atoms with E-state index in [4.69, 9.17) is 14.7 Å². The molecular formula is C22H23F3N4O3. The van der Waals surface area contributed by atoms with E-state index < -0.39 is 17.3 Å². The molecule has 2 aromatic rings. The number of hydrogen-bond acceptors (Lipinski definition) is 5. The number of nitriles is 1. The van der Waals surface area contributed by atoms with Crippen LogP contribution in [0.3, 0.4) is 0 Å². The van der Waals surface area contributed by atoms with Crippen LogP contribution in [-0.4, -0.2) is 57.4 Å². The number of piperazine rings is 1. The Hall–Kier alpha value is -3.45. The molecule has 1 aliphatic heterocycles. The second kappa shape index (κ2) is 9.78. The lowest BCUT2D eigenvalue weighted by Crippen LogP contribution is -2.58. The number of alkyl halides is 3. The van der Waals surface area contributed by atoms with Gasteiger partial charge in [0.15, 0.2) is 0 Å². The van der Waals surface area contributed by atoms with E-state index in [0.717, 1.165) is 6.07 Å². The van der Waals surface area contributed by atoms with E-state index in [1.807, 2.05) is 0 Å². The summed E-state index contributed by atoms with van der Waals surface area (Å²) in [4.78, 5) is 16.2. The van der Waals surface area contributed by atoms with Crippen LogP contribution in [0.2, 0.25) is 0 Å². The standard InChI is InChI=1S/C22H23F3N4O3/c1-31-14-18-13-28(17-6-3-15(12-26)20(11-17)22(23,24)25)9-10-29(18)21(30)27-16-4-7-19(32-2)8-5-16/h3-8,11,18H,9-10,13-14H2,1-2H3,(H,27,30). The van der Waals surface area contributed by atoms with Gasteiger partial charge in [-0.1, -0.05) is 0 Å². The zero-order valence-electron chi connectivity index (χ0n) is 17.6. The van der Waals surface area contributed by atoms with Crippen LogP contribution in [0.15, 0.2) is 42.5 Å². The second-order valence-electron chi connectivity index (χ2n) is 7.25. The third kappa shape index (κ3) is 5.23. The van der Waals surface area contributed by atoms with E-state index in [-0.39, 0.29) is 31.8 Å². The van der Waals surface area contributed by atoms with Crippen LogP contribution < -0.4 is 15.0 Å². The van der Waals surface area contributed by atoms with Gasteiger partial charge in [0.1, 0.15) is 5.75 Å². The molecule has 1 saturated heterocycles. The maximum Gasteiger partial charge on any atom is 0.417 e. The topological polar surface area (TPSA) is 77.8 Å². The number of carbonyl (C=O) groups excluding carboxylic acids is 1. The molecule has 7 nitrogen and oxygen atoms in total. The summed E-state index contributed by atoms with van der Waals surface area (Å²) >= 11 is 0. The summed E-state index contributed by atoms with van der Waals surface area (Å²) in [5, 5.41) is 11.8. The normalized spacial score (nSPS) is 16.4. The van der Waals surface area contributed by atoms with Gasteiger partial charge in [0, 0.05) is 38.1 Å². The Labute approximate surface area is 183 Å². The Balaban J connectivity index is 1.76. The van der Waals surface area contributed by atoms with Crippen molar-refractivity contribution < 1.29 is 27.4 Å². The Morgan fingerprint density at radius 1 is 1.19 bits per heavy atom. The highest BCUT2D eigenvalue weighted by Gasteiger charge is 2.36. The van der Waals surface area contributed by atoms with E-state index >= 15 is 0 Å². The lowest BCUT2D eigenvalue weighted by Gasteiger charge is -2.42. The van der Waals surface area contributed by atoms with Gasteiger partial charge >= 0.3 is 12.2 Å². The summed E-state index contributed by atoms with van der Waals surface area (Å²) in [5.41, 5.74) is -0.461. The fourth-order valence-corrected chi connectivity index (χ4v) is 3.62. The third-order valence-electron chi connectivity index (χ3n) is 5.24. The van der Waals surface area contributed by atoms with E-state index in [9.17, 15) is 18.0 Å². The molecule has 2 aromatic carbocycles. The first-order valence-corrected chi connectivity index (χ1v) is 9.83. The first-order valence-electron chi connectivity index (χ1n) is 9.83. The van der Waals surface area contributed by atoms with E-state index in [0.29, 0.717) is 23.7 Å².